The largest absolute Gasteiger partial charge is 0.330 e. The topological polar surface area (TPSA) is 26.0 Å². The Kier molecular flexibility index (Phi) is 6.24. The molecule has 0 spiro atoms. The molecule has 0 fully saturated rings. The fourth-order valence-corrected chi connectivity index (χ4v) is 1.18. The SMILES string of the molecule is C=C(C)CCCC(C)CCN. The Labute approximate surface area is 70.7 Å². The highest BCUT2D eigenvalue weighted by molar-refractivity contribution is 4.87. The van der Waals surface area contributed by atoms with E-state index < -0.39 is 0 Å². The second-order valence-electron chi connectivity index (χ2n) is 3.53. The van der Waals surface area contributed by atoms with Gasteiger partial charge in [-0.25, -0.2) is 0 Å². The van der Waals surface area contributed by atoms with Crippen molar-refractivity contribution in [2.75, 3.05) is 6.54 Å². The maximum atomic E-state index is 5.44. The van der Waals surface area contributed by atoms with E-state index in [1.54, 1.807) is 0 Å². The van der Waals surface area contributed by atoms with Gasteiger partial charge in [0.05, 0.1) is 0 Å². The highest BCUT2D eigenvalue weighted by atomic mass is 14.5. The van der Waals surface area contributed by atoms with Gasteiger partial charge in [0, 0.05) is 0 Å². The van der Waals surface area contributed by atoms with Crippen molar-refractivity contribution in [3.63, 3.8) is 0 Å². The first-order valence-corrected chi connectivity index (χ1v) is 4.51. The summed E-state index contributed by atoms with van der Waals surface area (Å²) in [6.45, 7) is 9.06. The van der Waals surface area contributed by atoms with E-state index in [1.807, 2.05) is 0 Å². The molecule has 0 saturated carbocycles. The molecule has 66 valence electrons. The number of hydrogen-bond acceptors (Lipinski definition) is 1. The summed E-state index contributed by atoms with van der Waals surface area (Å²) in [6, 6.07) is 0. The second kappa shape index (κ2) is 6.41. The molecule has 0 heterocycles. The first kappa shape index (κ1) is 10.7. The number of allylic oxidation sites excluding steroid dienone is 1. The summed E-state index contributed by atoms with van der Waals surface area (Å²) in [5.74, 6) is 0.791. The van der Waals surface area contributed by atoms with Crippen molar-refractivity contribution in [2.45, 2.75) is 39.5 Å². The number of rotatable bonds is 6. The molecular formula is C10H21N. The van der Waals surface area contributed by atoms with Crippen LogP contribution in [0.4, 0.5) is 0 Å². The van der Waals surface area contributed by atoms with Crippen LogP contribution >= 0.6 is 0 Å². The van der Waals surface area contributed by atoms with Crippen molar-refractivity contribution < 1.29 is 0 Å². The van der Waals surface area contributed by atoms with Gasteiger partial charge in [0.1, 0.15) is 0 Å². The average molecular weight is 155 g/mol. The smallest absolute Gasteiger partial charge is 0.00747 e. The molecule has 0 saturated heterocycles. The van der Waals surface area contributed by atoms with E-state index in [4.69, 9.17) is 5.73 Å². The average Bonchev–Trinajstić information content (AvgIpc) is 1.87. The quantitative estimate of drug-likeness (QED) is 0.586. The Morgan fingerprint density at radius 3 is 2.55 bits per heavy atom. The Morgan fingerprint density at radius 1 is 1.45 bits per heavy atom. The lowest BCUT2D eigenvalue weighted by Gasteiger charge is -2.08. The van der Waals surface area contributed by atoms with Crippen LogP contribution < -0.4 is 5.73 Å². The summed E-state index contributed by atoms with van der Waals surface area (Å²) in [7, 11) is 0. The predicted molar refractivity (Wildman–Crippen MR) is 51.5 cm³/mol. The molecule has 0 aliphatic carbocycles. The van der Waals surface area contributed by atoms with Crippen LogP contribution in [0.1, 0.15) is 39.5 Å². The van der Waals surface area contributed by atoms with Gasteiger partial charge in [0.15, 0.2) is 0 Å². The Bertz CT molecular complexity index is 107. The zero-order valence-corrected chi connectivity index (χ0v) is 7.90. The summed E-state index contributed by atoms with van der Waals surface area (Å²) in [4.78, 5) is 0. The molecule has 2 N–H and O–H groups in total. The zero-order valence-electron chi connectivity index (χ0n) is 7.90. The molecule has 1 heteroatoms. The van der Waals surface area contributed by atoms with Gasteiger partial charge in [-0.1, -0.05) is 18.9 Å². The zero-order chi connectivity index (χ0) is 8.69. The van der Waals surface area contributed by atoms with E-state index in [0.29, 0.717) is 0 Å². The van der Waals surface area contributed by atoms with Gasteiger partial charge in [-0.2, -0.15) is 0 Å². The van der Waals surface area contributed by atoms with Gasteiger partial charge in [0.2, 0.25) is 0 Å². The molecule has 0 aliphatic heterocycles. The van der Waals surface area contributed by atoms with Gasteiger partial charge in [0.25, 0.3) is 0 Å². The second-order valence-corrected chi connectivity index (χ2v) is 3.53. The molecule has 0 amide bonds. The Morgan fingerprint density at radius 2 is 2.09 bits per heavy atom. The van der Waals surface area contributed by atoms with E-state index in [9.17, 15) is 0 Å². The summed E-state index contributed by atoms with van der Waals surface area (Å²) in [5, 5.41) is 0. The van der Waals surface area contributed by atoms with Gasteiger partial charge in [-0.05, 0) is 38.6 Å². The minimum Gasteiger partial charge on any atom is -0.330 e. The highest BCUT2D eigenvalue weighted by Crippen LogP contribution is 2.13. The third-order valence-corrected chi connectivity index (χ3v) is 1.96. The maximum Gasteiger partial charge on any atom is -0.00747 e. The van der Waals surface area contributed by atoms with E-state index in [2.05, 4.69) is 20.4 Å². The molecule has 0 rings (SSSR count). The Balaban J connectivity index is 3.16. The third-order valence-electron chi connectivity index (χ3n) is 1.96. The normalized spacial score (nSPS) is 13.0. The highest BCUT2D eigenvalue weighted by Gasteiger charge is 1.99. The van der Waals surface area contributed by atoms with Crippen molar-refractivity contribution in [1.82, 2.24) is 0 Å². The first-order valence-electron chi connectivity index (χ1n) is 4.51. The fraction of sp³-hybridized carbons (Fsp3) is 0.800. The standard InChI is InChI=1S/C10H21N/c1-9(2)5-4-6-10(3)7-8-11/h10H,1,4-8,11H2,2-3H3. The van der Waals surface area contributed by atoms with Crippen LogP contribution in [0, 0.1) is 5.92 Å². The molecule has 0 aromatic carbocycles. The molecule has 1 unspecified atom stereocenters. The number of nitrogens with two attached hydrogens (primary N) is 1. The molecule has 1 atom stereocenters. The van der Waals surface area contributed by atoms with Gasteiger partial charge >= 0.3 is 0 Å². The van der Waals surface area contributed by atoms with Crippen LogP contribution in [-0.4, -0.2) is 6.54 Å². The van der Waals surface area contributed by atoms with Crippen LogP contribution in [0.25, 0.3) is 0 Å². The molecule has 11 heavy (non-hydrogen) atoms. The summed E-state index contributed by atoms with van der Waals surface area (Å²) in [5.41, 5.74) is 6.74. The van der Waals surface area contributed by atoms with E-state index in [-0.39, 0.29) is 0 Å². The minimum atomic E-state index is 0.791. The van der Waals surface area contributed by atoms with E-state index in [1.165, 1.54) is 24.8 Å². The molecule has 1 nitrogen and oxygen atoms in total. The lowest BCUT2D eigenvalue weighted by atomic mass is 9.99. The summed E-state index contributed by atoms with van der Waals surface area (Å²) < 4.78 is 0. The van der Waals surface area contributed by atoms with E-state index in [0.717, 1.165) is 18.9 Å². The maximum absolute atomic E-state index is 5.44. The number of hydrogen-bond donors (Lipinski definition) is 1. The van der Waals surface area contributed by atoms with Crippen molar-refractivity contribution >= 4 is 0 Å². The molecule has 0 aromatic heterocycles. The first-order chi connectivity index (χ1) is 5.16. The van der Waals surface area contributed by atoms with Crippen molar-refractivity contribution in [1.29, 1.82) is 0 Å². The molecule has 0 radical (unpaired) electrons. The monoisotopic (exact) mass is 155 g/mol. The lowest BCUT2D eigenvalue weighted by molar-refractivity contribution is 0.481. The minimum absolute atomic E-state index is 0.791. The van der Waals surface area contributed by atoms with Crippen LogP contribution in [-0.2, 0) is 0 Å². The van der Waals surface area contributed by atoms with Crippen molar-refractivity contribution in [3.8, 4) is 0 Å². The third kappa shape index (κ3) is 7.60. The van der Waals surface area contributed by atoms with Gasteiger partial charge < -0.3 is 5.73 Å². The van der Waals surface area contributed by atoms with Crippen molar-refractivity contribution in [2.24, 2.45) is 11.7 Å². The van der Waals surface area contributed by atoms with Gasteiger partial charge in [-0.15, -0.1) is 6.58 Å². The molecular weight excluding hydrogens is 134 g/mol. The summed E-state index contributed by atoms with van der Waals surface area (Å²) >= 11 is 0. The molecule has 0 aliphatic rings. The van der Waals surface area contributed by atoms with Crippen LogP contribution in [0.5, 0.6) is 0 Å². The van der Waals surface area contributed by atoms with E-state index >= 15 is 0 Å². The van der Waals surface area contributed by atoms with Gasteiger partial charge in [-0.3, -0.25) is 0 Å². The van der Waals surface area contributed by atoms with Crippen molar-refractivity contribution in [3.05, 3.63) is 12.2 Å². The molecule has 0 aromatic rings. The molecule has 0 bridgehead atoms. The predicted octanol–water partition coefficient (Wildman–Crippen LogP) is 2.72. The van der Waals surface area contributed by atoms with Crippen LogP contribution in [0.2, 0.25) is 0 Å². The summed E-state index contributed by atoms with van der Waals surface area (Å²) in [6.07, 6.45) is 4.91. The van der Waals surface area contributed by atoms with Crippen LogP contribution in [0.15, 0.2) is 12.2 Å². The lowest BCUT2D eigenvalue weighted by Crippen LogP contribution is -2.05. The fourth-order valence-electron chi connectivity index (χ4n) is 1.18. The Hall–Kier alpha value is -0.300. The van der Waals surface area contributed by atoms with Crippen LogP contribution in [0.3, 0.4) is 0 Å².